The van der Waals surface area contributed by atoms with Crippen LogP contribution in [-0.2, 0) is 19.1 Å². The Labute approximate surface area is 194 Å². The molecule has 1 unspecified atom stereocenters. The summed E-state index contributed by atoms with van der Waals surface area (Å²) in [5.41, 5.74) is 6.82. The van der Waals surface area contributed by atoms with Crippen molar-refractivity contribution in [1.82, 2.24) is 0 Å². The Hall–Kier alpha value is -4.39. The molecule has 2 aromatic carbocycles. The lowest BCUT2D eigenvalue weighted by atomic mass is 9.81. The summed E-state index contributed by atoms with van der Waals surface area (Å²) in [5, 5.41) is 9.98. The highest BCUT2D eigenvalue weighted by Gasteiger charge is 2.42. The number of rotatable bonds is 7. The molecule has 0 aliphatic carbocycles. The summed E-state index contributed by atoms with van der Waals surface area (Å²) < 4.78 is 39.8. The first kappa shape index (κ1) is 24.3. The minimum Gasteiger partial charge on any atom is -0.488 e. The number of hydrogen-bond acceptors (Lipinski definition) is 8. The van der Waals surface area contributed by atoms with E-state index in [1.165, 1.54) is 29.2 Å². The number of allylic oxidation sites excluding steroid dienone is 1. The molecule has 0 spiro atoms. The second-order valence-corrected chi connectivity index (χ2v) is 7.03. The zero-order valence-corrected chi connectivity index (χ0v) is 18.3. The highest BCUT2D eigenvalue weighted by atomic mass is 19.3. The Morgan fingerprint density at radius 3 is 2.21 bits per heavy atom. The molecule has 10 heteroatoms. The van der Waals surface area contributed by atoms with Gasteiger partial charge in [0.1, 0.15) is 23.9 Å². The maximum absolute atomic E-state index is 13.0. The maximum atomic E-state index is 13.0. The normalized spacial score (nSPS) is 15.8. The number of halogens is 2. The van der Waals surface area contributed by atoms with Gasteiger partial charge in [-0.15, -0.1) is 0 Å². The lowest BCUT2D eigenvalue weighted by molar-refractivity contribution is -0.139. The average Bonchev–Trinajstić information content (AvgIpc) is 2.86. The van der Waals surface area contributed by atoms with E-state index in [9.17, 15) is 23.6 Å². The number of carbonyl (C=O) groups excluding carboxylic acids is 2. The second-order valence-electron chi connectivity index (χ2n) is 7.03. The Morgan fingerprint density at radius 2 is 1.68 bits per heavy atom. The minimum absolute atomic E-state index is 0.0114. The standard InChI is InChI=1S/C24H21F2N3O5/c1-32-23(30)20-19(14-6-4-3-5-7-14)17(12-27)22(28)29(21(20)24(31)33-2)15-8-10-16(11-9-15)34-13-18(25)26/h3-11,18-19H,13,28H2,1-2H3. The Bertz CT molecular complexity index is 1170. The fourth-order valence-corrected chi connectivity index (χ4v) is 3.63. The molecule has 0 amide bonds. The van der Waals surface area contributed by atoms with Crippen molar-refractivity contribution < 1.29 is 32.6 Å². The van der Waals surface area contributed by atoms with Crippen molar-refractivity contribution >= 4 is 17.6 Å². The Morgan fingerprint density at radius 1 is 1.06 bits per heavy atom. The largest absolute Gasteiger partial charge is 0.488 e. The molecule has 1 aliphatic heterocycles. The molecule has 1 atom stereocenters. The predicted octanol–water partition coefficient (Wildman–Crippen LogP) is 3.23. The van der Waals surface area contributed by atoms with Crippen LogP contribution in [0, 0.1) is 11.3 Å². The van der Waals surface area contributed by atoms with Crippen LogP contribution < -0.4 is 15.4 Å². The van der Waals surface area contributed by atoms with E-state index in [-0.39, 0.29) is 34.1 Å². The van der Waals surface area contributed by atoms with Gasteiger partial charge in [0, 0.05) is 5.69 Å². The lowest BCUT2D eigenvalue weighted by Crippen LogP contribution is -2.40. The van der Waals surface area contributed by atoms with E-state index in [1.807, 2.05) is 6.07 Å². The maximum Gasteiger partial charge on any atom is 0.355 e. The third-order valence-electron chi connectivity index (χ3n) is 5.08. The van der Waals surface area contributed by atoms with Crippen molar-refractivity contribution in [3.63, 3.8) is 0 Å². The van der Waals surface area contributed by atoms with E-state index in [1.54, 1.807) is 30.3 Å². The van der Waals surface area contributed by atoms with Gasteiger partial charge >= 0.3 is 11.9 Å². The van der Waals surface area contributed by atoms with Crippen molar-refractivity contribution in [3.8, 4) is 11.8 Å². The molecular formula is C24H21F2N3O5. The van der Waals surface area contributed by atoms with Gasteiger partial charge in [-0.05, 0) is 29.8 Å². The molecule has 0 aromatic heterocycles. The quantitative estimate of drug-likeness (QED) is 0.615. The van der Waals surface area contributed by atoms with Crippen LogP contribution in [0.5, 0.6) is 5.75 Å². The van der Waals surface area contributed by atoms with Gasteiger partial charge in [-0.25, -0.2) is 18.4 Å². The number of nitrogens with zero attached hydrogens (tertiary/aromatic N) is 2. The number of nitriles is 1. The topological polar surface area (TPSA) is 115 Å². The smallest absolute Gasteiger partial charge is 0.355 e. The highest BCUT2D eigenvalue weighted by molar-refractivity contribution is 6.06. The van der Waals surface area contributed by atoms with Gasteiger partial charge in [0.2, 0.25) is 0 Å². The first-order chi connectivity index (χ1) is 16.3. The van der Waals surface area contributed by atoms with Crippen molar-refractivity contribution in [2.24, 2.45) is 5.73 Å². The van der Waals surface area contributed by atoms with E-state index >= 15 is 0 Å². The number of nitrogens with two attached hydrogens (primary N) is 1. The van der Waals surface area contributed by atoms with Gasteiger partial charge < -0.3 is 19.9 Å². The zero-order chi connectivity index (χ0) is 24.8. The summed E-state index contributed by atoms with van der Waals surface area (Å²) in [6.45, 7) is -0.789. The first-order valence-electron chi connectivity index (χ1n) is 10.0. The van der Waals surface area contributed by atoms with Crippen LogP contribution in [0.2, 0.25) is 0 Å². The van der Waals surface area contributed by atoms with Gasteiger partial charge in [-0.2, -0.15) is 5.26 Å². The van der Waals surface area contributed by atoms with Crippen LogP contribution in [0.3, 0.4) is 0 Å². The molecule has 2 aromatic rings. The van der Waals surface area contributed by atoms with E-state index in [4.69, 9.17) is 19.9 Å². The van der Waals surface area contributed by atoms with E-state index in [0.717, 1.165) is 14.2 Å². The van der Waals surface area contributed by atoms with E-state index in [2.05, 4.69) is 0 Å². The number of anilines is 1. The van der Waals surface area contributed by atoms with Crippen molar-refractivity contribution in [1.29, 1.82) is 5.26 Å². The molecule has 3 rings (SSSR count). The van der Waals surface area contributed by atoms with Crippen LogP contribution in [0.4, 0.5) is 14.5 Å². The fraction of sp³-hybridized carbons (Fsp3) is 0.208. The van der Waals surface area contributed by atoms with Crippen LogP contribution in [-0.4, -0.2) is 39.2 Å². The molecule has 0 saturated carbocycles. The lowest BCUT2D eigenvalue weighted by Gasteiger charge is -2.35. The number of carbonyl (C=O) groups is 2. The monoisotopic (exact) mass is 469 g/mol. The van der Waals surface area contributed by atoms with Crippen molar-refractivity contribution in [3.05, 3.63) is 82.8 Å². The molecule has 8 nitrogen and oxygen atoms in total. The molecule has 1 heterocycles. The molecule has 176 valence electrons. The molecule has 0 fully saturated rings. The Kier molecular flexibility index (Phi) is 7.48. The first-order valence-corrected chi connectivity index (χ1v) is 10.0. The van der Waals surface area contributed by atoms with Crippen LogP contribution in [0.25, 0.3) is 0 Å². The second kappa shape index (κ2) is 10.5. The predicted molar refractivity (Wildman–Crippen MR) is 117 cm³/mol. The number of hydrogen-bond donors (Lipinski definition) is 1. The summed E-state index contributed by atoms with van der Waals surface area (Å²) in [5.74, 6) is -2.68. The van der Waals surface area contributed by atoms with Gasteiger partial charge in [-0.3, -0.25) is 4.90 Å². The molecule has 0 bridgehead atoms. The minimum atomic E-state index is -2.65. The SMILES string of the molecule is COC(=O)C1=C(C(=O)OC)N(c2ccc(OCC(F)F)cc2)C(N)=C(C#N)C1c1ccccc1. The summed E-state index contributed by atoms with van der Waals surface area (Å²) in [7, 11) is 2.29. The van der Waals surface area contributed by atoms with Gasteiger partial charge in [-0.1, -0.05) is 30.3 Å². The molecule has 34 heavy (non-hydrogen) atoms. The number of alkyl halides is 2. The molecular weight excluding hydrogens is 448 g/mol. The summed E-state index contributed by atoms with van der Waals surface area (Å²) >= 11 is 0. The molecule has 1 aliphatic rings. The highest BCUT2D eigenvalue weighted by Crippen LogP contribution is 2.43. The summed E-state index contributed by atoms with van der Waals surface area (Å²) in [4.78, 5) is 27.1. The van der Waals surface area contributed by atoms with E-state index < -0.39 is 30.9 Å². The number of esters is 2. The summed E-state index contributed by atoms with van der Waals surface area (Å²) in [6, 6.07) is 16.3. The van der Waals surface area contributed by atoms with Crippen molar-refractivity contribution in [2.45, 2.75) is 12.3 Å². The van der Waals surface area contributed by atoms with Crippen LogP contribution >= 0.6 is 0 Å². The number of ether oxygens (including phenoxy) is 3. The van der Waals surface area contributed by atoms with Crippen molar-refractivity contribution in [2.75, 3.05) is 25.7 Å². The van der Waals surface area contributed by atoms with Gasteiger partial charge in [0.15, 0.2) is 0 Å². The molecule has 2 N–H and O–H groups in total. The average molecular weight is 469 g/mol. The third-order valence-corrected chi connectivity index (χ3v) is 5.08. The van der Waals surface area contributed by atoms with Crippen LogP contribution in [0.15, 0.2) is 77.3 Å². The van der Waals surface area contributed by atoms with E-state index in [0.29, 0.717) is 5.56 Å². The molecule has 0 radical (unpaired) electrons. The third kappa shape index (κ3) is 4.68. The van der Waals surface area contributed by atoms with Gasteiger partial charge in [0.05, 0.1) is 37.4 Å². The number of benzene rings is 2. The molecule has 0 saturated heterocycles. The zero-order valence-electron chi connectivity index (χ0n) is 18.3. The fourth-order valence-electron chi connectivity index (χ4n) is 3.63. The summed E-state index contributed by atoms with van der Waals surface area (Å²) in [6.07, 6.45) is -2.65. The van der Waals surface area contributed by atoms with Crippen LogP contribution in [0.1, 0.15) is 11.5 Å². The van der Waals surface area contributed by atoms with Gasteiger partial charge in [0.25, 0.3) is 6.43 Å². The number of methoxy groups -OCH3 is 2. The Balaban J connectivity index is 2.24.